The minimum atomic E-state index is -0.275. The molecule has 1 aromatic carbocycles. The summed E-state index contributed by atoms with van der Waals surface area (Å²) in [6.07, 6.45) is 5.45. The monoisotopic (exact) mass is 298 g/mol. The molecule has 4 heteroatoms. The minimum Gasteiger partial charge on any atom is -0.328 e. The number of nitrogens with zero attached hydrogens (tertiary/aromatic N) is 1. The first kappa shape index (κ1) is 15.7. The molecule has 0 atom stereocenters. The zero-order valence-corrected chi connectivity index (χ0v) is 12.9. The van der Waals surface area contributed by atoms with Crippen LogP contribution in [0.2, 0.25) is 5.02 Å². The highest BCUT2D eigenvalue weighted by Gasteiger charge is 2.24. The SMILES string of the molecule is CCCN(Cc1cccc(Cl)c1F)C1CCC(N)CC1. The maximum Gasteiger partial charge on any atom is 0.146 e. The summed E-state index contributed by atoms with van der Waals surface area (Å²) in [4.78, 5) is 2.39. The molecule has 1 saturated carbocycles. The van der Waals surface area contributed by atoms with Gasteiger partial charge in [0, 0.05) is 24.2 Å². The maximum atomic E-state index is 14.1. The summed E-state index contributed by atoms with van der Waals surface area (Å²) in [5.74, 6) is -0.275. The minimum absolute atomic E-state index is 0.213. The van der Waals surface area contributed by atoms with E-state index in [1.54, 1.807) is 6.07 Å². The van der Waals surface area contributed by atoms with Gasteiger partial charge in [0.25, 0.3) is 0 Å². The van der Waals surface area contributed by atoms with Crippen molar-refractivity contribution >= 4 is 11.6 Å². The molecule has 1 fully saturated rings. The number of nitrogens with two attached hydrogens (primary N) is 1. The molecule has 0 aromatic heterocycles. The van der Waals surface area contributed by atoms with Gasteiger partial charge in [0.15, 0.2) is 0 Å². The molecule has 0 bridgehead atoms. The van der Waals surface area contributed by atoms with Crippen LogP contribution in [0.3, 0.4) is 0 Å². The molecule has 20 heavy (non-hydrogen) atoms. The topological polar surface area (TPSA) is 29.3 Å². The number of hydrogen-bond acceptors (Lipinski definition) is 2. The number of hydrogen-bond donors (Lipinski definition) is 1. The van der Waals surface area contributed by atoms with Gasteiger partial charge in [-0.1, -0.05) is 30.7 Å². The van der Waals surface area contributed by atoms with E-state index in [4.69, 9.17) is 17.3 Å². The fourth-order valence-corrected chi connectivity index (χ4v) is 3.23. The van der Waals surface area contributed by atoms with Gasteiger partial charge in [0.1, 0.15) is 5.82 Å². The average molecular weight is 299 g/mol. The van der Waals surface area contributed by atoms with Crippen LogP contribution in [0.4, 0.5) is 4.39 Å². The highest BCUT2D eigenvalue weighted by molar-refractivity contribution is 6.30. The predicted molar refractivity (Wildman–Crippen MR) is 82.3 cm³/mol. The Morgan fingerprint density at radius 2 is 2.00 bits per heavy atom. The molecule has 2 nitrogen and oxygen atoms in total. The van der Waals surface area contributed by atoms with Crippen LogP contribution < -0.4 is 5.73 Å². The zero-order chi connectivity index (χ0) is 14.5. The summed E-state index contributed by atoms with van der Waals surface area (Å²) in [5, 5.41) is 0.213. The first-order valence-electron chi connectivity index (χ1n) is 7.54. The van der Waals surface area contributed by atoms with Crippen molar-refractivity contribution in [3.8, 4) is 0 Å². The van der Waals surface area contributed by atoms with Crippen LogP contribution in [0, 0.1) is 5.82 Å². The van der Waals surface area contributed by atoms with Crippen LogP contribution in [0.15, 0.2) is 18.2 Å². The maximum absolute atomic E-state index is 14.1. The summed E-state index contributed by atoms with van der Waals surface area (Å²) in [7, 11) is 0. The highest BCUT2D eigenvalue weighted by Crippen LogP contribution is 2.26. The van der Waals surface area contributed by atoms with Crippen LogP contribution >= 0.6 is 11.6 Å². The molecule has 1 aliphatic carbocycles. The summed E-state index contributed by atoms with van der Waals surface area (Å²) in [5.41, 5.74) is 6.67. The van der Waals surface area contributed by atoms with Crippen molar-refractivity contribution in [1.29, 1.82) is 0 Å². The molecule has 112 valence electrons. The van der Waals surface area contributed by atoms with Gasteiger partial charge in [-0.2, -0.15) is 0 Å². The molecule has 1 aromatic rings. The van der Waals surface area contributed by atoms with Gasteiger partial charge in [-0.15, -0.1) is 0 Å². The zero-order valence-electron chi connectivity index (χ0n) is 12.1. The summed E-state index contributed by atoms with van der Waals surface area (Å²) >= 11 is 5.87. The van der Waals surface area contributed by atoms with E-state index in [0.717, 1.165) is 38.6 Å². The van der Waals surface area contributed by atoms with E-state index in [9.17, 15) is 4.39 Å². The standard InChI is InChI=1S/C16H24ClFN2/c1-2-10-20(14-8-6-13(19)7-9-14)11-12-4-3-5-15(17)16(12)18/h3-5,13-14H,2,6-11,19H2,1H3. The Kier molecular flexibility index (Phi) is 5.82. The van der Waals surface area contributed by atoms with Crippen LogP contribution in [0.1, 0.15) is 44.6 Å². The smallest absolute Gasteiger partial charge is 0.146 e. The third-order valence-electron chi connectivity index (χ3n) is 4.17. The molecule has 0 aliphatic heterocycles. The summed E-state index contributed by atoms with van der Waals surface area (Å²) in [6.45, 7) is 3.79. The number of benzene rings is 1. The Balaban J connectivity index is 2.07. The van der Waals surface area contributed by atoms with Crippen molar-refractivity contribution < 1.29 is 4.39 Å². The van der Waals surface area contributed by atoms with Gasteiger partial charge in [0.05, 0.1) is 5.02 Å². The highest BCUT2D eigenvalue weighted by atomic mass is 35.5. The molecule has 0 heterocycles. The predicted octanol–water partition coefficient (Wildman–Crippen LogP) is 3.96. The number of rotatable bonds is 5. The van der Waals surface area contributed by atoms with E-state index >= 15 is 0 Å². The lowest BCUT2D eigenvalue weighted by molar-refractivity contribution is 0.140. The Morgan fingerprint density at radius 3 is 2.65 bits per heavy atom. The molecule has 0 spiro atoms. The van der Waals surface area contributed by atoms with Crippen molar-refractivity contribution in [2.45, 2.75) is 57.7 Å². The van der Waals surface area contributed by atoms with Crippen molar-refractivity contribution in [2.75, 3.05) is 6.54 Å². The molecule has 0 amide bonds. The third kappa shape index (κ3) is 3.94. The quantitative estimate of drug-likeness (QED) is 0.891. The molecule has 1 aliphatic rings. The van der Waals surface area contributed by atoms with Crippen molar-refractivity contribution in [3.05, 3.63) is 34.6 Å². The lowest BCUT2D eigenvalue weighted by Crippen LogP contribution is -2.41. The molecule has 0 radical (unpaired) electrons. The summed E-state index contributed by atoms with van der Waals surface area (Å²) < 4.78 is 14.1. The normalized spacial score (nSPS) is 23.2. The largest absolute Gasteiger partial charge is 0.328 e. The van der Waals surface area contributed by atoms with E-state index in [2.05, 4.69) is 11.8 Å². The van der Waals surface area contributed by atoms with Crippen LogP contribution in [0.25, 0.3) is 0 Å². The van der Waals surface area contributed by atoms with E-state index < -0.39 is 0 Å². The number of halogens is 2. The van der Waals surface area contributed by atoms with Gasteiger partial charge >= 0.3 is 0 Å². The van der Waals surface area contributed by atoms with Crippen LogP contribution in [-0.2, 0) is 6.54 Å². The van der Waals surface area contributed by atoms with Crippen molar-refractivity contribution in [1.82, 2.24) is 4.90 Å². The van der Waals surface area contributed by atoms with Gasteiger partial charge in [-0.3, -0.25) is 4.90 Å². The molecule has 0 saturated heterocycles. The lowest BCUT2D eigenvalue weighted by Gasteiger charge is -2.36. The Labute approximate surface area is 126 Å². The third-order valence-corrected chi connectivity index (χ3v) is 4.47. The van der Waals surface area contributed by atoms with Crippen molar-refractivity contribution in [2.24, 2.45) is 5.73 Å². The van der Waals surface area contributed by atoms with Crippen molar-refractivity contribution in [3.63, 3.8) is 0 Å². The first-order chi connectivity index (χ1) is 9.61. The second-order valence-corrected chi connectivity index (χ2v) is 6.16. The Hall–Kier alpha value is -0.640. The van der Waals surface area contributed by atoms with E-state index in [1.165, 1.54) is 0 Å². The van der Waals surface area contributed by atoms with E-state index in [0.29, 0.717) is 24.2 Å². The van der Waals surface area contributed by atoms with E-state index in [1.807, 2.05) is 12.1 Å². The average Bonchev–Trinajstić information content (AvgIpc) is 2.44. The van der Waals surface area contributed by atoms with E-state index in [-0.39, 0.29) is 10.8 Å². The lowest BCUT2D eigenvalue weighted by atomic mass is 9.90. The molecule has 2 N–H and O–H groups in total. The van der Waals surface area contributed by atoms with Crippen LogP contribution in [-0.4, -0.2) is 23.5 Å². The molecular formula is C16H24ClFN2. The van der Waals surface area contributed by atoms with Gasteiger partial charge in [0.2, 0.25) is 0 Å². The van der Waals surface area contributed by atoms with Gasteiger partial charge < -0.3 is 5.73 Å². The van der Waals surface area contributed by atoms with Gasteiger partial charge in [-0.05, 0) is 44.7 Å². The fourth-order valence-electron chi connectivity index (χ4n) is 3.03. The molecule has 0 unspecified atom stereocenters. The van der Waals surface area contributed by atoms with Crippen LogP contribution in [0.5, 0.6) is 0 Å². The fraction of sp³-hybridized carbons (Fsp3) is 0.625. The first-order valence-corrected chi connectivity index (χ1v) is 7.92. The van der Waals surface area contributed by atoms with Gasteiger partial charge in [-0.25, -0.2) is 4.39 Å². The molecule has 2 rings (SSSR count). The molecular weight excluding hydrogens is 275 g/mol. The Bertz CT molecular complexity index is 430. The Morgan fingerprint density at radius 1 is 1.30 bits per heavy atom. The summed E-state index contributed by atoms with van der Waals surface area (Å²) in [6, 6.07) is 6.12. The second kappa shape index (κ2) is 7.39. The second-order valence-electron chi connectivity index (χ2n) is 5.75.